The summed E-state index contributed by atoms with van der Waals surface area (Å²) in [5.41, 5.74) is 5.53. The Morgan fingerprint density at radius 2 is 2.03 bits per heavy atom. The molecule has 10 heteroatoms. The Morgan fingerprint density at radius 1 is 1.26 bits per heavy atom. The first-order valence-electron chi connectivity index (χ1n) is 10.1. The molecule has 31 heavy (non-hydrogen) atoms. The zero-order chi connectivity index (χ0) is 22.0. The van der Waals surface area contributed by atoms with Gasteiger partial charge in [-0.1, -0.05) is 25.1 Å². The van der Waals surface area contributed by atoms with Crippen LogP contribution >= 0.6 is 0 Å². The molecule has 0 amide bonds. The fourth-order valence-electron chi connectivity index (χ4n) is 3.81. The lowest BCUT2D eigenvalue weighted by Gasteiger charge is -2.15. The summed E-state index contributed by atoms with van der Waals surface area (Å²) in [7, 11) is -3.74. The maximum Gasteiger partial charge on any atom is 0.295 e. The van der Waals surface area contributed by atoms with Crippen LogP contribution in [0.2, 0.25) is 0 Å². The monoisotopic (exact) mass is 441 g/mol. The van der Waals surface area contributed by atoms with E-state index in [-0.39, 0.29) is 16.3 Å². The summed E-state index contributed by atoms with van der Waals surface area (Å²) in [6.45, 7) is 2.95. The van der Waals surface area contributed by atoms with Crippen molar-refractivity contribution < 1.29 is 13.3 Å². The van der Waals surface area contributed by atoms with Gasteiger partial charge in [-0.2, -0.15) is 9.41 Å². The third-order valence-corrected chi connectivity index (χ3v) is 7.37. The Hall–Kier alpha value is -3.24. The molecule has 0 aliphatic carbocycles. The molecule has 3 aromatic rings. The summed E-state index contributed by atoms with van der Waals surface area (Å²) in [6, 6.07) is 9.85. The van der Waals surface area contributed by atoms with E-state index >= 15 is 0 Å². The minimum absolute atomic E-state index is 0.0839. The lowest BCUT2D eigenvalue weighted by Crippen LogP contribution is -2.27. The molecule has 0 bridgehead atoms. The van der Waals surface area contributed by atoms with E-state index in [9.17, 15) is 18.5 Å². The highest BCUT2D eigenvalue weighted by atomic mass is 32.2. The van der Waals surface area contributed by atoms with Crippen LogP contribution in [0.5, 0.6) is 0 Å². The molecule has 0 saturated carbocycles. The number of hydrazone groups is 1. The van der Waals surface area contributed by atoms with Crippen LogP contribution in [0.1, 0.15) is 30.9 Å². The number of sulfonamides is 1. The quantitative estimate of drug-likeness (QED) is 0.328. The Morgan fingerprint density at radius 3 is 2.74 bits per heavy atom. The average molecular weight is 442 g/mol. The molecule has 1 aliphatic rings. The summed E-state index contributed by atoms with van der Waals surface area (Å²) in [4.78, 5) is 14.1. The molecule has 4 rings (SSSR count). The van der Waals surface area contributed by atoms with Crippen LogP contribution in [0.4, 0.5) is 11.4 Å². The molecule has 1 saturated heterocycles. The number of H-pyrrole nitrogens is 1. The molecule has 0 spiro atoms. The number of fused-ring (bicyclic) bond motifs is 1. The van der Waals surface area contributed by atoms with E-state index in [1.54, 1.807) is 6.21 Å². The molecule has 9 nitrogen and oxygen atoms in total. The molecule has 0 atom stereocenters. The minimum Gasteiger partial charge on any atom is -0.360 e. The topological polar surface area (TPSA) is 121 Å². The first kappa shape index (κ1) is 21.0. The van der Waals surface area contributed by atoms with Gasteiger partial charge in [0, 0.05) is 41.8 Å². The van der Waals surface area contributed by atoms with E-state index in [0.717, 1.165) is 41.8 Å². The average Bonchev–Trinajstić information content (AvgIpc) is 3.44. The van der Waals surface area contributed by atoms with Crippen molar-refractivity contribution in [1.82, 2.24) is 9.29 Å². The Labute approximate surface area is 180 Å². The lowest BCUT2D eigenvalue weighted by atomic mass is 10.1. The molecule has 0 radical (unpaired) electrons. The molecule has 1 aromatic heterocycles. The predicted octanol–water partition coefficient (Wildman–Crippen LogP) is 3.87. The summed E-state index contributed by atoms with van der Waals surface area (Å²) in [5, 5.41) is 16.7. The van der Waals surface area contributed by atoms with Gasteiger partial charge < -0.3 is 4.98 Å². The Kier molecular flexibility index (Phi) is 5.75. The van der Waals surface area contributed by atoms with Crippen LogP contribution in [0.25, 0.3) is 10.9 Å². The first-order chi connectivity index (χ1) is 14.9. The SMILES string of the molecule is CCc1cccc2c(/C=N/Nc3ccc(S(=O)(=O)N4CCCC4)cc3[N+](=O)[O-])c[nH]c12. The Bertz CT molecular complexity index is 1260. The van der Waals surface area contributed by atoms with Gasteiger partial charge in [0.2, 0.25) is 10.0 Å². The summed E-state index contributed by atoms with van der Waals surface area (Å²) in [5.74, 6) is 0. The third kappa shape index (κ3) is 4.04. The van der Waals surface area contributed by atoms with Gasteiger partial charge in [0.05, 0.1) is 16.0 Å². The molecule has 0 unspecified atom stereocenters. The highest BCUT2D eigenvalue weighted by Gasteiger charge is 2.29. The van der Waals surface area contributed by atoms with Crippen molar-refractivity contribution in [1.29, 1.82) is 0 Å². The zero-order valence-corrected chi connectivity index (χ0v) is 17.9. The number of hydrogen-bond donors (Lipinski definition) is 2. The Balaban J connectivity index is 1.59. The van der Waals surface area contributed by atoms with Crippen LogP contribution in [0, 0.1) is 10.1 Å². The molecule has 2 aromatic carbocycles. The second kappa shape index (κ2) is 8.48. The maximum atomic E-state index is 12.7. The number of aromatic amines is 1. The number of aryl methyl sites for hydroxylation is 1. The normalized spacial score (nSPS) is 15.1. The van der Waals surface area contributed by atoms with Gasteiger partial charge in [0.15, 0.2) is 0 Å². The molecular weight excluding hydrogens is 418 g/mol. The molecule has 2 heterocycles. The third-order valence-electron chi connectivity index (χ3n) is 5.47. The fraction of sp³-hybridized carbons (Fsp3) is 0.286. The van der Waals surface area contributed by atoms with Gasteiger partial charge in [-0.25, -0.2) is 8.42 Å². The van der Waals surface area contributed by atoms with Gasteiger partial charge in [0.1, 0.15) is 5.69 Å². The van der Waals surface area contributed by atoms with Gasteiger partial charge >= 0.3 is 0 Å². The van der Waals surface area contributed by atoms with Gasteiger partial charge in [-0.05, 0) is 37.0 Å². The summed E-state index contributed by atoms with van der Waals surface area (Å²) in [6.07, 6.45) is 5.89. The summed E-state index contributed by atoms with van der Waals surface area (Å²) >= 11 is 0. The standard InChI is InChI=1S/C21H23N5O4S/c1-2-15-6-5-7-18-16(13-22-21(15)18)14-23-24-19-9-8-17(12-20(19)26(27)28)31(29,30)25-10-3-4-11-25/h5-9,12-14,22,24H,2-4,10-11H2,1H3/b23-14+. The lowest BCUT2D eigenvalue weighted by molar-refractivity contribution is -0.384. The number of nitro benzene ring substituents is 1. The van der Waals surface area contributed by atoms with E-state index < -0.39 is 14.9 Å². The number of para-hydroxylation sites is 1. The molecule has 2 N–H and O–H groups in total. The van der Waals surface area contributed by atoms with E-state index in [1.807, 2.05) is 18.3 Å². The van der Waals surface area contributed by atoms with Crippen LogP contribution in [-0.2, 0) is 16.4 Å². The smallest absolute Gasteiger partial charge is 0.295 e. The maximum absolute atomic E-state index is 12.7. The second-order valence-corrected chi connectivity index (χ2v) is 9.29. The second-order valence-electron chi connectivity index (χ2n) is 7.35. The highest BCUT2D eigenvalue weighted by molar-refractivity contribution is 7.89. The van der Waals surface area contributed by atoms with Gasteiger partial charge in [-0.3, -0.25) is 15.5 Å². The molecule has 1 aliphatic heterocycles. The summed E-state index contributed by atoms with van der Waals surface area (Å²) < 4.78 is 26.8. The van der Waals surface area contributed by atoms with Crippen LogP contribution in [-0.4, -0.2) is 41.9 Å². The molecular formula is C21H23N5O4S. The van der Waals surface area contributed by atoms with Crippen molar-refractivity contribution in [2.45, 2.75) is 31.1 Å². The number of benzene rings is 2. The van der Waals surface area contributed by atoms with Crippen molar-refractivity contribution in [3.63, 3.8) is 0 Å². The number of rotatable bonds is 7. The van der Waals surface area contributed by atoms with Crippen LogP contribution in [0.3, 0.4) is 0 Å². The largest absolute Gasteiger partial charge is 0.360 e. The van der Waals surface area contributed by atoms with Gasteiger partial charge in [0.25, 0.3) is 5.69 Å². The highest BCUT2D eigenvalue weighted by Crippen LogP contribution is 2.30. The van der Waals surface area contributed by atoms with Crippen molar-refractivity contribution in [2.75, 3.05) is 18.5 Å². The first-order valence-corrected chi connectivity index (χ1v) is 11.5. The van der Waals surface area contributed by atoms with E-state index in [2.05, 4.69) is 28.5 Å². The number of nitrogens with one attached hydrogen (secondary N) is 2. The molecule has 1 fully saturated rings. The van der Waals surface area contributed by atoms with E-state index in [1.165, 1.54) is 22.0 Å². The fourth-order valence-corrected chi connectivity index (χ4v) is 5.34. The predicted molar refractivity (Wildman–Crippen MR) is 120 cm³/mol. The number of anilines is 1. The van der Waals surface area contributed by atoms with Crippen LogP contribution < -0.4 is 5.43 Å². The number of hydrogen-bond acceptors (Lipinski definition) is 6. The number of aromatic nitrogens is 1. The number of nitro groups is 1. The van der Waals surface area contributed by atoms with Crippen molar-refractivity contribution >= 4 is 38.5 Å². The van der Waals surface area contributed by atoms with Crippen LogP contribution in [0.15, 0.2) is 52.6 Å². The van der Waals surface area contributed by atoms with Gasteiger partial charge in [-0.15, -0.1) is 0 Å². The number of nitrogens with zero attached hydrogens (tertiary/aromatic N) is 3. The van der Waals surface area contributed by atoms with E-state index in [0.29, 0.717) is 13.1 Å². The zero-order valence-electron chi connectivity index (χ0n) is 17.0. The van der Waals surface area contributed by atoms with Crippen molar-refractivity contribution in [2.24, 2.45) is 5.10 Å². The minimum atomic E-state index is -3.74. The molecule has 162 valence electrons. The van der Waals surface area contributed by atoms with Crippen molar-refractivity contribution in [3.8, 4) is 0 Å². The van der Waals surface area contributed by atoms with Crippen molar-refractivity contribution in [3.05, 3.63) is 63.8 Å². The van der Waals surface area contributed by atoms with E-state index in [4.69, 9.17) is 0 Å².